The van der Waals surface area contributed by atoms with Gasteiger partial charge in [0.25, 0.3) is 0 Å². The van der Waals surface area contributed by atoms with Crippen LogP contribution in [0.5, 0.6) is 5.75 Å². The first kappa shape index (κ1) is 15.0. The Kier molecular flexibility index (Phi) is 4.75. The Morgan fingerprint density at radius 2 is 2.30 bits per heavy atom. The second-order valence-corrected chi connectivity index (χ2v) is 5.74. The number of ether oxygens (including phenoxy) is 1. The zero-order valence-corrected chi connectivity index (χ0v) is 12.8. The molecule has 0 saturated heterocycles. The molecular weight excluding hydrogens is 296 g/mol. The molecule has 6 heteroatoms. The smallest absolute Gasteiger partial charge is 0.186 e. The van der Waals surface area contributed by atoms with Crippen LogP contribution in [-0.4, -0.2) is 17.9 Å². The van der Waals surface area contributed by atoms with E-state index in [9.17, 15) is 4.79 Å². The standard InChI is InChI=1S/C14H15ClN2O2S/c1-8(16)14-17-11(7-20-14)12(18)6-9-5-10(15)3-4-13(9)19-2/h3-5,7-8H,6,16H2,1-2H3. The van der Waals surface area contributed by atoms with Crippen LogP contribution in [0.25, 0.3) is 0 Å². The fourth-order valence-corrected chi connectivity index (χ4v) is 2.75. The number of Topliss-reactive ketones (excluding diaryl/α,β-unsaturated/α-hetero) is 1. The van der Waals surface area contributed by atoms with Crippen molar-refractivity contribution >= 4 is 28.7 Å². The van der Waals surface area contributed by atoms with Crippen LogP contribution in [0.4, 0.5) is 0 Å². The van der Waals surface area contributed by atoms with E-state index in [4.69, 9.17) is 22.1 Å². The van der Waals surface area contributed by atoms with Crippen molar-refractivity contribution in [3.8, 4) is 5.75 Å². The van der Waals surface area contributed by atoms with Gasteiger partial charge in [0.15, 0.2) is 5.78 Å². The van der Waals surface area contributed by atoms with Crippen molar-refractivity contribution < 1.29 is 9.53 Å². The summed E-state index contributed by atoms with van der Waals surface area (Å²) in [6.45, 7) is 1.84. The highest BCUT2D eigenvalue weighted by Gasteiger charge is 2.15. The Bertz CT molecular complexity index is 625. The number of rotatable bonds is 5. The van der Waals surface area contributed by atoms with Gasteiger partial charge in [0.1, 0.15) is 16.5 Å². The number of halogens is 1. The maximum Gasteiger partial charge on any atom is 0.186 e. The molecule has 20 heavy (non-hydrogen) atoms. The number of ketones is 1. The summed E-state index contributed by atoms with van der Waals surface area (Å²) in [5.41, 5.74) is 6.93. The van der Waals surface area contributed by atoms with E-state index in [0.717, 1.165) is 10.6 Å². The summed E-state index contributed by atoms with van der Waals surface area (Å²) in [6, 6.07) is 5.05. The SMILES string of the molecule is COc1ccc(Cl)cc1CC(=O)c1csc(C(C)N)n1. The van der Waals surface area contributed by atoms with Gasteiger partial charge in [0.05, 0.1) is 13.2 Å². The lowest BCUT2D eigenvalue weighted by molar-refractivity contribution is 0.0988. The van der Waals surface area contributed by atoms with Crippen LogP contribution in [0.15, 0.2) is 23.6 Å². The van der Waals surface area contributed by atoms with Gasteiger partial charge in [-0.15, -0.1) is 11.3 Å². The second-order valence-electron chi connectivity index (χ2n) is 4.42. The van der Waals surface area contributed by atoms with Gasteiger partial charge in [-0.2, -0.15) is 0 Å². The number of nitrogens with zero attached hydrogens (tertiary/aromatic N) is 1. The average Bonchev–Trinajstić information content (AvgIpc) is 2.89. The molecule has 0 fully saturated rings. The molecule has 2 N–H and O–H groups in total. The molecule has 0 saturated carbocycles. The predicted octanol–water partition coefficient (Wildman–Crippen LogP) is 3.25. The van der Waals surface area contributed by atoms with E-state index in [1.54, 1.807) is 30.7 Å². The van der Waals surface area contributed by atoms with Gasteiger partial charge in [-0.05, 0) is 25.1 Å². The molecule has 2 aromatic rings. The van der Waals surface area contributed by atoms with E-state index in [1.807, 2.05) is 6.92 Å². The number of aromatic nitrogens is 1. The van der Waals surface area contributed by atoms with Crippen LogP contribution in [0.1, 0.15) is 34.0 Å². The van der Waals surface area contributed by atoms with E-state index >= 15 is 0 Å². The van der Waals surface area contributed by atoms with E-state index in [0.29, 0.717) is 16.5 Å². The van der Waals surface area contributed by atoms with Gasteiger partial charge >= 0.3 is 0 Å². The summed E-state index contributed by atoms with van der Waals surface area (Å²) >= 11 is 7.35. The van der Waals surface area contributed by atoms with Crippen molar-refractivity contribution in [1.29, 1.82) is 0 Å². The molecule has 0 amide bonds. The van der Waals surface area contributed by atoms with E-state index in [2.05, 4.69) is 4.98 Å². The minimum Gasteiger partial charge on any atom is -0.496 e. The molecule has 0 aliphatic rings. The molecule has 4 nitrogen and oxygen atoms in total. The van der Waals surface area contributed by atoms with Crippen LogP contribution in [-0.2, 0) is 6.42 Å². The molecule has 2 rings (SSSR count). The molecule has 1 aromatic carbocycles. The van der Waals surface area contributed by atoms with Crippen LogP contribution in [0, 0.1) is 0 Å². The highest BCUT2D eigenvalue weighted by molar-refractivity contribution is 7.09. The highest BCUT2D eigenvalue weighted by atomic mass is 35.5. The summed E-state index contributed by atoms with van der Waals surface area (Å²) in [4.78, 5) is 16.5. The summed E-state index contributed by atoms with van der Waals surface area (Å²) in [5, 5.41) is 3.06. The van der Waals surface area contributed by atoms with Gasteiger partial charge in [0, 0.05) is 22.4 Å². The Balaban J connectivity index is 2.20. The lowest BCUT2D eigenvalue weighted by Crippen LogP contribution is -2.08. The van der Waals surface area contributed by atoms with E-state index in [-0.39, 0.29) is 18.2 Å². The molecular formula is C14H15ClN2O2S. The molecule has 0 spiro atoms. The minimum atomic E-state index is -0.165. The number of thiazole rings is 1. The average molecular weight is 311 g/mol. The largest absolute Gasteiger partial charge is 0.496 e. The Morgan fingerprint density at radius 1 is 1.55 bits per heavy atom. The topological polar surface area (TPSA) is 65.2 Å². The Morgan fingerprint density at radius 3 is 2.90 bits per heavy atom. The maximum atomic E-state index is 12.2. The predicted molar refractivity (Wildman–Crippen MR) is 80.8 cm³/mol. The third kappa shape index (κ3) is 3.36. The van der Waals surface area contributed by atoms with Gasteiger partial charge in [-0.25, -0.2) is 4.98 Å². The summed E-state index contributed by atoms with van der Waals surface area (Å²) in [5.74, 6) is 0.569. The van der Waals surface area contributed by atoms with E-state index in [1.165, 1.54) is 11.3 Å². The molecule has 1 heterocycles. The first-order chi connectivity index (χ1) is 9.51. The number of nitrogens with two attached hydrogens (primary N) is 1. The van der Waals surface area contributed by atoms with Crippen molar-refractivity contribution in [1.82, 2.24) is 4.98 Å². The van der Waals surface area contributed by atoms with Gasteiger partial charge < -0.3 is 10.5 Å². The van der Waals surface area contributed by atoms with Crippen molar-refractivity contribution in [2.75, 3.05) is 7.11 Å². The molecule has 1 unspecified atom stereocenters. The Hall–Kier alpha value is -1.43. The third-order valence-corrected chi connectivity index (χ3v) is 4.07. The monoisotopic (exact) mass is 310 g/mol. The van der Waals surface area contributed by atoms with Crippen molar-refractivity contribution in [3.63, 3.8) is 0 Å². The second kappa shape index (κ2) is 6.35. The quantitative estimate of drug-likeness (QED) is 0.861. The van der Waals surface area contributed by atoms with Crippen LogP contribution in [0.2, 0.25) is 5.02 Å². The minimum absolute atomic E-state index is 0.0753. The number of carbonyl (C=O) groups is 1. The molecule has 0 radical (unpaired) electrons. The van der Waals surface area contributed by atoms with E-state index < -0.39 is 0 Å². The molecule has 0 aliphatic heterocycles. The number of methoxy groups -OCH3 is 1. The van der Waals surface area contributed by atoms with Gasteiger partial charge in [0.2, 0.25) is 0 Å². The fourth-order valence-electron chi connectivity index (χ4n) is 1.77. The summed E-state index contributed by atoms with van der Waals surface area (Å²) < 4.78 is 5.23. The van der Waals surface area contributed by atoms with Crippen LogP contribution in [0.3, 0.4) is 0 Å². The van der Waals surface area contributed by atoms with Crippen LogP contribution >= 0.6 is 22.9 Å². The molecule has 1 atom stereocenters. The zero-order chi connectivity index (χ0) is 14.7. The number of hydrogen-bond acceptors (Lipinski definition) is 5. The van der Waals surface area contributed by atoms with Gasteiger partial charge in [-0.3, -0.25) is 4.79 Å². The normalized spacial score (nSPS) is 12.2. The van der Waals surface area contributed by atoms with Crippen molar-refractivity contribution in [3.05, 3.63) is 44.9 Å². The van der Waals surface area contributed by atoms with Crippen LogP contribution < -0.4 is 10.5 Å². The summed E-state index contributed by atoms with van der Waals surface area (Å²) in [7, 11) is 1.56. The van der Waals surface area contributed by atoms with Crippen molar-refractivity contribution in [2.24, 2.45) is 5.73 Å². The molecule has 106 valence electrons. The number of benzene rings is 1. The maximum absolute atomic E-state index is 12.2. The van der Waals surface area contributed by atoms with Crippen molar-refractivity contribution in [2.45, 2.75) is 19.4 Å². The lowest BCUT2D eigenvalue weighted by Gasteiger charge is -2.07. The number of carbonyl (C=O) groups excluding carboxylic acids is 1. The molecule has 1 aromatic heterocycles. The lowest BCUT2D eigenvalue weighted by atomic mass is 10.1. The zero-order valence-electron chi connectivity index (χ0n) is 11.2. The first-order valence-corrected chi connectivity index (χ1v) is 7.33. The number of hydrogen-bond donors (Lipinski definition) is 1. The Labute approximate surface area is 126 Å². The first-order valence-electron chi connectivity index (χ1n) is 6.08. The third-order valence-electron chi connectivity index (χ3n) is 2.79. The molecule has 0 bridgehead atoms. The highest BCUT2D eigenvalue weighted by Crippen LogP contribution is 2.25. The fraction of sp³-hybridized carbons (Fsp3) is 0.286. The molecule has 0 aliphatic carbocycles. The summed E-state index contributed by atoms with van der Waals surface area (Å²) in [6.07, 6.45) is 0.200. The van der Waals surface area contributed by atoms with Gasteiger partial charge in [-0.1, -0.05) is 11.6 Å².